The predicted molar refractivity (Wildman–Crippen MR) is 117 cm³/mol. The van der Waals surface area contributed by atoms with Crippen molar-refractivity contribution in [3.8, 4) is 0 Å². The second-order valence-electron chi connectivity index (χ2n) is 8.25. The van der Waals surface area contributed by atoms with Crippen LogP contribution in [0.5, 0.6) is 0 Å². The third-order valence-corrected chi connectivity index (χ3v) is 5.74. The molecule has 172 valence electrons. The van der Waals surface area contributed by atoms with E-state index >= 15 is 0 Å². The van der Waals surface area contributed by atoms with Crippen molar-refractivity contribution in [2.75, 3.05) is 7.05 Å². The van der Waals surface area contributed by atoms with E-state index in [1.807, 2.05) is 6.07 Å². The number of nitrogens with zero attached hydrogens (tertiary/aromatic N) is 2. The van der Waals surface area contributed by atoms with Gasteiger partial charge >= 0.3 is 0 Å². The van der Waals surface area contributed by atoms with E-state index in [1.54, 1.807) is 25.2 Å². The van der Waals surface area contributed by atoms with Crippen molar-refractivity contribution >= 4 is 17.7 Å². The van der Waals surface area contributed by atoms with Crippen molar-refractivity contribution in [1.29, 1.82) is 0 Å². The molecule has 1 heterocycles. The molecular formula is C23H31N5O4. The van der Waals surface area contributed by atoms with Gasteiger partial charge in [-0.2, -0.15) is 4.98 Å². The van der Waals surface area contributed by atoms with Crippen LogP contribution in [0.2, 0.25) is 0 Å². The number of amides is 3. The number of nitrogens with one attached hydrogen (secondary N) is 3. The van der Waals surface area contributed by atoms with Gasteiger partial charge in [-0.1, -0.05) is 43.0 Å². The number of carbonyl (C=O) groups excluding carboxylic acids is 3. The summed E-state index contributed by atoms with van der Waals surface area (Å²) in [5.41, 5.74) is 0.789. The molecule has 3 rings (SSSR count). The molecule has 0 atom stereocenters. The normalized spacial score (nSPS) is 15.4. The topological polar surface area (TPSA) is 126 Å². The van der Waals surface area contributed by atoms with Gasteiger partial charge in [-0.15, -0.1) is 0 Å². The van der Waals surface area contributed by atoms with Crippen molar-refractivity contribution in [3.63, 3.8) is 0 Å². The zero-order valence-corrected chi connectivity index (χ0v) is 18.7. The summed E-state index contributed by atoms with van der Waals surface area (Å²) in [6.45, 7) is 1.83. The maximum Gasteiger partial charge on any atom is 0.251 e. The first-order chi connectivity index (χ1) is 15.4. The zero-order valence-electron chi connectivity index (χ0n) is 18.7. The Kier molecular flexibility index (Phi) is 7.97. The highest BCUT2D eigenvalue weighted by Crippen LogP contribution is 2.34. The maximum atomic E-state index is 12.3. The average molecular weight is 442 g/mol. The molecule has 3 N–H and O–H groups in total. The summed E-state index contributed by atoms with van der Waals surface area (Å²) < 4.78 is 5.40. The van der Waals surface area contributed by atoms with E-state index in [0.717, 1.165) is 44.1 Å². The molecule has 9 nitrogen and oxygen atoms in total. The van der Waals surface area contributed by atoms with Crippen LogP contribution in [0.15, 0.2) is 28.8 Å². The molecule has 1 aromatic carbocycles. The Balaban J connectivity index is 1.55. The molecule has 3 amide bonds. The number of carbonyl (C=O) groups is 3. The van der Waals surface area contributed by atoms with Crippen LogP contribution in [0.1, 0.15) is 79.5 Å². The van der Waals surface area contributed by atoms with Crippen LogP contribution in [0.25, 0.3) is 0 Å². The third-order valence-electron chi connectivity index (χ3n) is 5.74. The minimum atomic E-state index is -0.595. The molecule has 0 aliphatic heterocycles. The lowest BCUT2D eigenvalue weighted by Crippen LogP contribution is -2.45. The first kappa shape index (κ1) is 23.4. The van der Waals surface area contributed by atoms with Gasteiger partial charge in [0, 0.05) is 38.9 Å². The number of rotatable bonds is 8. The Morgan fingerprint density at radius 2 is 1.88 bits per heavy atom. The van der Waals surface area contributed by atoms with Crippen LogP contribution in [0.3, 0.4) is 0 Å². The van der Waals surface area contributed by atoms with Crippen molar-refractivity contribution in [2.24, 2.45) is 0 Å². The van der Waals surface area contributed by atoms with Gasteiger partial charge in [0.2, 0.25) is 17.7 Å². The summed E-state index contributed by atoms with van der Waals surface area (Å²) in [4.78, 5) is 40.4. The first-order valence-electron chi connectivity index (χ1n) is 11.1. The number of hydrogen-bond acceptors (Lipinski definition) is 6. The van der Waals surface area contributed by atoms with Gasteiger partial charge in [0.1, 0.15) is 5.54 Å². The zero-order chi connectivity index (χ0) is 23.0. The average Bonchev–Trinajstić information content (AvgIpc) is 3.15. The van der Waals surface area contributed by atoms with E-state index < -0.39 is 5.54 Å². The van der Waals surface area contributed by atoms with E-state index in [9.17, 15) is 14.4 Å². The summed E-state index contributed by atoms with van der Waals surface area (Å²) in [6, 6.07) is 7.10. The Hall–Kier alpha value is -3.23. The highest BCUT2D eigenvalue weighted by Gasteiger charge is 2.38. The minimum absolute atomic E-state index is 0.113. The standard InChI is InChI=1S/C23H31N5O4/c1-16(29)27-23(12-5-3-4-6-13-23)22-26-20(32-28-22)11-10-19(30)25-15-17-8-7-9-18(14-17)21(31)24-2/h7-9,14H,3-6,10-13,15H2,1-2H3,(H,24,31)(H,25,30)(H,27,29). The fraction of sp³-hybridized carbons (Fsp3) is 0.522. The van der Waals surface area contributed by atoms with Gasteiger partial charge in [0.05, 0.1) is 0 Å². The first-order valence-corrected chi connectivity index (χ1v) is 11.1. The summed E-state index contributed by atoms with van der Waals surface area (Å²) in [5, 5.41) is 12.6. The fourth-order valence-electron chi connectivity index (χ4n) is 4.10. The lowest BCUT2D eigenvalue weighted by Gasteiger charge is -2.30. The van der Waals surface area contributed by atoms with Crippen LogP contribution in [-0.4, -0.2) is 34.9 Å². The van der Waals surface area contributed by atoms with Gasteiger partial charge in [-0.25, -0.2) is 0 Å². The monoisotopic (exact) mass is 441 g/mol. The highest BCUT2D eigenvalue weighted by atomic mass is 16.5. The summed E-state index contributed by atoms with van der Waals surface area (Å²) in [6.07, 6.45) is 6.30. The molecule has 32 heavy (non-hydrogen) atoms. The molecule has 1 aliphatic rings. The molecule has 0 spiro atoms. The van der Waals surface area contributed by atoms with E-state index in [-0.39, 0.29) is 24.1 Å². The number of benzene rings is 1. The van der Waals surface area contributed by atoms with Crippen LogP contribution in [0.4, 0.5) is 0 Å². The van der Waals surface area contributed by atoms with Crippen LogP contribution in [0, 0.1) is 0 Å². The minimum Gasteiger partial charge on any atom is -0.355 e. The predicted octanol–water partition coefficient (Wildman–Crippen LogP) is 2.36. The molecule has 0 unspecified atom stereocenters. The molecule has 0 radical (unpaired) electrons. The second-order valence-corrected chi connectivity index (χ2v) is 8.25. The Labute approximate surface area is 187 Å². The highest BCUT2D eigenvalue weighted by molar-refractivity contribution is 5.94. The lowest BCUT2D eigenvalue weighted by atomic mass is 9.89. The fourth-order valence-corrected chi connectivity index (χ4v) is 4.10. The third kappa shape index (κ3) is 6.15. The molecule has 1 aromatic heterocycles. The number of aryl methyl sites for hydroxylation is 1. The van der Waals surface area contributed by atoms with E-state index in [4.69, 9.17) is 4.52 Å². The quantitative estimate of drug-likeness (QED) is 0.540. The molecule has 1 fully saturated rings. The van der Waals surface area contributed by atoms with Crippen molar-refractivity contribution < 1.29 is 18.9 Å². The number of aromatic nitrogens is 2. The summed E-state index contributed by atoms with van der Waals surface area (Å²) in [5.74, 6) is 0.442. The Morgan fingerprint density at radius 1 is 1.12 bits per heavy atom. The van der Waals surface area contributed by atoms with Gasteiger partial charge in [-0.05, 0) is 30.5 Å². The molecule has 2 aromatic rings. The summed E-state index contributed by atoms with van der Waals surface area (Å²) >= 11 is 0. The Morgan fingerprint density at radius 3 is 2.56 bits per heavy atom. The van der Waals surface area contributed by atoms with Crippen LogP contribution >= 0.6 is 0 Å². The van der Waals surface area contributed by atoms with Crippen LogP contribution in [-0.2, 0) is 28.1 Å². The SMILES string of the molecule is CNC(=O)c1cccc(CNC(=O)CCc2nc(C3(NC(C)=O)CCCCCC3)no2)c1. The summed E-state index contributed by atoms with van der Waals surface area (Å²) in [7, 11) is 1.58. The van der Waals surface area contributed by atoms with E-state index in [0.29, 0.717) is 30.2 Å². The van der Waals surface area contributed by atoms with Crippen molar-refractivity contribution in [3.05, 3.63) is 47.1 Å². The second kappa shape index (κ2) is 10.9. The van der Waals surface area contributed by atoms with Crippen molar-refractivity contribution in [1.82, 2.24) is 26.1 Å². The molecule has 9 heteroatoms. The maximum absolute atomic E-state index is 12.3. The van der Waals surface area contributed by atoms with E-state index in [1.165, 1.54) is 6.92 Å². The van der Waals surface area contributed by atoms with Gasteiger partial charge < -0.3 is 20.5 Å². The number of hydrogen-bond donors (Lipinski definition) is 3. The molecule has 1 saturated carbocycles. The van der Waals surface area contributed by atoms with E-state index in [2.05, 4.69) is 26.1 Å². The van der Waals surface area contributed by atoms with Crippen molar-refractivity contribution in [2.45, 2.75) is 70.4 Å². The molecule has 0 saturated heterocycles. The molecule has 1 aliphatic carbocycles. The largest absolute Gasteiger partial charge is 0.355 e. The Bertz CT molecular complexity index is 947. The van der Waals surface area contributed by atoms with Crippen LogP contribution < -0.4 is 16.0 Å². The van der Waals surface area contributed by atoms with Gasteiger partial charge in [0.15, 0.2) is 5.82 Å². The lowest BCUT2D eigenvalue weighted by molar-refractivity contribution is -0.122. The van der Waals surface area contributed by atoms with Gasteiger partial charge in [0.25, 0.3) is 5.91 Å². The van der Waals surface area contributed by atoms with Gasteiger partial charge in [-0.3, -0.25) is 14.4 Å². The smallest absolute Gasteiger partial charge is 0.251 e. The molecule has 0 bridgehead atoms. The molecular weight excluding hydrogens is 410 g/mol.